The highest BCUT2D eigenvalue weighted by Crippen LogP contribution is 2.29. The molecule has 1 unspecified atom stereocenters. The average molecular weight is 371 g/mol. The lowest BCUT2D eigenvalue weighted by molar-refractivity contribution is 0.511. The third-order valence-corrected chi connectivity index (χ3v) is 4.16. The van der Waals surface area contributed by atoms with Crippen molar-refractivity contribution in [2.24, 2.45) is 0 Å². The molecule has 1 heterocycles. The maximum Gasteiger partial charge on any atom is 0.0837 e. The van der Waals surface area contributed by atoms with E-state index in [9.17, 15) is 0 Å². The van der Waals surface area contributed by atoms with E-state index in [1.54, 1.807) is 6.20 Å². The maximum absolute atomic E-state index is 6.40. The average Bonchev–Trinajstić information content (AvgIpc) is 2.83. The molecular weight excluding hydrogens is 350 g/mol. The first-order valence-electron chi connectivity index (χ1n) is 7.37. The highest BCUT2D eigenvalue weighted by atomic mass is 79.9. The van der Waals surface area contributed by atoms with E-state index in [1.807, 2.05) is 4.68 Å². The van der Waals surface area contributed by atoms with Gasteiger partial charge in [-0.2, -0.15) is 5.10 Å². The van der Waals surface area contributed by atoms with E-state index < -0.39 is 0 Å². The standard InChI is InChI=1S/C16H21BrClN3/c1-3-9-19-15(12-5-7-13(17)8-6-12)16-14(18)11-20-21(16)10-4-2/h5-8,11,15,19H,3-4,9-10H2,1-2H3. The molecule has 0 bridgehead atoms. The van der Waals surface area contributed by atoms with Gasteiger partial charge in [-0.1, -0.05) is 53.5 Å². The Kier molecular flexibility index (Phi) is 6.27. The van der Waals surface area contributed by atoms with Crippen molar-refractivity contribution in [3.8, 4) is 0 Å². The molecule has 0 aliphatic rings. The Morgan fingerprint density at radius 1 is 1.24 bits per heavy atom. The van der Waals surface area contributed by atoms with Crippen molar-refractivity contribution < 1.29 is 0 Å². The molecule has 0 radical (unpaired) electrons. The highest BCUT2D eigenvalue weighted by Gasteiger charge is 2.21. The van der Waals surface area contributed by atoms with E-state index in [0.717, 1.165) is 41.1 Å². The van der Waals surface area contributed by atoms with Crippen molar-refractivity contribution in [1.29, 1.82) is 0 Å². The van der Waals surface area contributed by atoms with E-state index in [1.165, 1.54) is 5.56 Å². The minimum absolute atomic E-state index is 0.0691. The summed E-state index contributed by atoms with van der Waals surface area (Å²) < 4.78 is 3.09. The third kappa shape index (κ3) is 4.09. The van der Waals surface area contributed by atoms with E-state index >= 15 is 0 Å². The fraction of sp³-hybridized carbons (Fsp3) is 0.438. The zero-order valence-electron chi connectivity index (χ0n) is 12.4. The Hall–Kier alpha value is -0.840. The van der Waals surface area contributed by atoms with Crippen LogP contribution in [0.15, 0.2) is 34.9 Å². The van der Waals surface area contributed by atoms with Gasteiger partial charge in [0.05, 0.1) is 23.0 Å². The quantitative estimate of drug-likeness (QED) is 0.759. The Balaban J connectivity index is 2.40. The fourth-order valence-corrected chi connectivity index (χ4v) is 2.88. The summed E-state index contributed by atoms with van der Waals surface area (Å²) in [6.07, 6.45) is 3.85. The summed E-state index contributed by atoms with van der Waals surface area (Å²) in [5.41, 5.74) is 2.25. The van der Waals surface area contributed by atoms with E-state index in [2.05, 4.69) is 64.5 Å². The van der Waals surface area contributed by atoms with Crippen molar-refractivity contribution in [1.82, 2.24) is 15.1 Å². The van der Waals surface area contributed by atoms with Gasteiger partial charge >= 0.3 is 0 Å². The predicted octanol–water partition coefficient (Wildman–Crippen LogP) is 4.80. The van der Waals surface area contributed by atoms with Crippen LogP contribution in [0.25, 0.3) is 0 Å². The summed E-state index contributed by atoms with van der Waals surface area (Å²) >= 11 is 9.89. The lowest BCUT2D eigenvalue weighted by Crippen LogP contribution is -2.26. The molecule has 0 saturated carbocycles. The van der Waals surface area contributed by atoms with Gasteiger partial charge in [0.15, 0.2) is 0 Å². The first-order chi connectivity index (χ1) is 10.2. The summed E-state index contributed by atoms with van der Waals surface area (Å²) in [5, 5.41) is 8.72. The van der Waals surface area contributed by atoms with Gasteiger partial charge in [0.1, 0.15) is 0 Å². The van der Waals surface area contributed by atoms with Crippen molar-refractivity contribution >= 4 is 27.5 Å². The molecule has 3 nitrogen and oxygen atoms in total. The molecule has 5 heteroatoms. The lowest BCUT2D eigenvalue weighted by atomic mass is 10.0. The minimum Gasteiger partial charge on any atom is -0.305 e. The minimum atomic E-state index is 0.0691. The zero-order valence-corrected chi connectivity index (χ0v) is 14.8. The molecule has 1 aromatic carbocycles. The molecule has 0 fully saturated rings. The normalized spacial score (nSPS) is 12.6. The summed E-state index contributed by atoms with van der Waals surface area (Å²) in [7, 11) is 0. The number of benzene rings is 1. The number of hydrogen-bond acceptors (Lipinski definition) is 2. The van der Waals surface area contributed by atoms with Gasteiger partial charge in [-0.3, -0.25) is 4.68 Å². The van der Waals surface area contributed by atoms with E-state index in [-0.39, 0.29) is 6.04 Å². The van der Waals surface area contributed by atoms with Crippen molar-refractivity contribution in [3.63, 3.8) is 0 Å². The largest absolute Gasteiger partial charge is 0.305 e. The number of nitrogens with zero attached hydrogens (tertiary/aromatic N) is 2. The fourth-order valence-electron chi connectivity index (χ4n) is 2.37. The van der Waals surface area contributed by atoms with Crippen LogP contribution < -0.4 is 5.32 Å². The van der Waals surface area contributed by atoms with Gasteiger partial charge < -0.3 is 5.32 Å². The number of aromatic nitrogens is 2. The Labute approximate surface area is 139 Å². The van der Waals surface area contributed by atoms with E-state index in [4.69, 9.17) is 11.6 Å². The van der Waals surface area contributed by atoms with Crippen molar-refractivity contribution in [2.45, 2.75) is 39.3 Å². The molecule has 0 amide bonds. The first kappa shape index (κ1) is 16.5. The van der Waals surface area contributed by atoms with Crippen LogP contribution in [0.3, 0.4) is 0 Å². The van der Waals surface area contributed by atoms with E-state index in [0.29, 0.717) is 0 Å². The number of rotatable bonds is 7. The van der Waals surface area contributed by atoms with Gasteiger partial charge in [0.2, 0.25) is 0 Å². The smallest absolute Gasteiger partial charge is 0.0837 e. The monoisotopic (exact) mass is 369 g/mol. The number of nitrogens with one attached hydrogen (secondary N) is 1. The van der Waals surface area contributed by atoms with Gasteiger partial charge in [-0.25, -0.2) is 0 Å². The summed E-state index contributed by atoms with van der Waals surface area (Å²) in [6.45, 7) is 6.13. The highest BCUT2D eigenvalue weighted by molar-refractivity contribution is 9.10. The third-order valence-electron chi connectivity index (χ3n) is 3.34. The Bertz CT molecular complexity index is 565. The van der Waals surface area contributed by atoms with Crippen LogP contribution in [0.5, 0.6) is 0 Å². The van der Waals surface area contributed by atoms with Crippen LogP contribution in [-0.4, -0.2) is 16.3 Å². The molecule has 1 N–H and O–H groups in total. The second kappa shape index (κ2) is 7.97. The van der Waals surface area contributed by atoms with Crippen LogP contribution in [-0.2, 0) is 6.54 Å². The molecule has 0 spiro atoms. The Morgan fingerprint density at radius 2 is 1.95 bits per heavy atom. The van der Waals surface area contributed by atoms with Crippen LogP contribution >= 0.6 is 27.5 Å². The second-order valence-electron chi connectivity index (χ2n) is 5.04. The molecular formula is C16H21BrClN3. The van der Waals surface area contributed by atoms with Crippen molar-refractivity contribution in [2.75, 3.05) is 6.54 Å². The molecule has 1 atom stereocenters. The van der Waals surface area contributed by atoms with Crippen LogP contribution in [0.2, 0.25) is 5.02 Å². The summed E-state index contributed by atoms with van der Waals surface area (Å²) in [5.74, 6) is 0. The van der Waals surface area contributed by atoms with Gasteiger partial charge in [-0.15, -0.1) is 0 Å². The molecule has 2 aromatic rings. The predicted molar refractivity (Wildman–Crippen MR) is 91.8 cm³/mol. The topological polar surface area (TPSA) is 29.9 Å². The summed E-state index contributed by atoms with van der Waals surface area (Å²) in [4.78, 5) is 0. The van der Waals surface area contributed by atoms with Gasteiger partial charge in [-0.05, 0) is 37.1 Å². The first-order valence-corrected chi connectivity index (χ1v) is 8.54. The Morgan fingerprint density at radius 3 is 2.57 bits per heavy atom. The maximum atomic E-state index is 6.40. The molecule has 21 heavy (non-hydrogen) atoms. The second-order valence-corrected chi connectivity index (χ2v) is 6.36. The molecule has 0 aliphatic heterocycles. The van der Waals surface area contributed by atoms with Crippen LogP contribution in [0, 0.1) is 0 Å². The molecule has 0 aliphatic carbocycles. The van der Waals surface area contributed by atoms with Gasteiger partial charge in [0.25, 0.3) is 0 Å². The zero-order chi connectivity index (χ0) is 15.2. The summed E-state index contributed by atoms with van der Waals surface area (Å²) in [6, 6.07) is 8.43. The number of halogens is 2. The lowest BCUT2D eigenvalue weighted by Gasteiger charge is -2.21. The molecule has 0 saturated heterocycles. The molecule has 1 aromatic heterocycles. The number of aryl methyl sites for hydroxylation is 1. The number of hydrogen-bond donors (Lipinski definition) is 1. The molecule has 114 valence electrons. The van der Waals surface area contributed by atoms with Crippen molar-refractivity contribution in [3.05, 3.63) is 51.2 Å². The van der Waals surface area contributed by atoms with Crippen LogP contribution in [0.1, 0.15) is 44.0 Å². The van der Waals surface area contributed by atoms with Crippen LogP contribution in [0.4, 0.5) is 0 Å². The SMILES string of the molecule is CCCNC(c1ccc(Br)cc1)c1c(Cl)cnn1CCC. The molecule has 2 rings (SSSR count). The van der Waals surface area contributed by atoms with Gasteiger partial charge in [0, 0.05) is 11.0 Å².